The highest BCUT2D eigenvalue weighted by atomic mass is 16.2. The number of hydrogen-bond acceptors (Lipinski definition) is 4. The first-order chi connectivity index (χ1) is 13.5. The predicted octanol–water partition coefficient (Wildman–Crippen LogP) is 2.24. The minimum Gasteiger partial charge on any atom is -0.374 e. The average molecular weight is 387 g/mol. The van der Waals surface area contributed by atoms with E-state index in [4.69, 9.17) is 0 Å². The lowest BCUT2D eigenvalue weighted by Crippen LogP contribution is -2.46. The number of benzene rings is 1. The maximum Gasteiger partial charge on any atom is 0.309 e. The second kappa shape index (κ2) is 9.41. The monoisotopic (exact) mass is 386 g/mol. The lowest BCUT2D eigenvalue weighted by atomic mass is 9.95. The molecule has 1 heterocycles. The molecule has 0 radical (unpaired) electrons. The van der Waals surface area contributed by atoms with Crippen LogP contribution in [0.1, 0.15) is 55.7 Å². The number of hydrogen-bond donors (Lipinski definition) is 2. The van der Waals surface area contributed by atoms with Gasteiger partial charge in [0.1, 0.15) is 0 Å². The Labute approximate surface area is 168 Å². The number of rotatable bonds is 5. The van der Waals surface area contributed by atoms with Crippen LogP contribution in [0.3, 0.4) is 0 Å². The molecule has 2 aliphatic rings. The Kier molecular flexibility index (Phi) is 6.94. The van der Waals surface area contributed by atoms with Crippen LogP contribution in [0.2, 0.25) is 0 Å². The van der Waals surface area contributed by atoms with E-state index in [0.717, 1.165) is 45.1 Å². The number of anilines is 1. The van der Waals surface area contributed by atoms with E-state index in [0.29, 0.717) is 6.54 Å². The van der Waals surface area contributed by atoms with Gasteiger partial charge in [0.2, 0.25) is 0 Å². The Hall–Kier alpha value is -2.08. The molecule has 0 saturated heterocycles. The number of fused-ring (bicyclic) bond motifs is 1. The van der Waals surface area contributed by atoms with E-state index in [1.807, 2.05) is 14.1 Å². The Bertz CT molecular complexity index is 698. The Morgan fingerprint density at radius 3 is 2.61 bits per heavy atom. The third kappa shape index (κ3) is 5.04. The zero-order valence-electron chi connectivity index (χ0n) is 17.5. The molecule has 28 heavy (non-hydrogen) atoms. The Morgan fingerprint density at radius 1 is 1.14 bits per heavy atom. The van der Waals surface area contributed by atoms with Gasteiger partial charge in [-0.15, -0.1) is 0 Å². The molecule has 1 atom stereocenters. The maximum absolute atomic E-state index is 12.3. The number of aryl methyl sites for hydroxylation is 1. The van der Waals surface area contributed by atoms with Gasteiger partial charge in [0.25, 0.3) is 0 Å². The van der Waals surface area contributed by atoms with Gasteiger partial charge in [0.05, 0.1) is 6.04 Å². The minimum atomic E-state index is -0.532. The molecule has 1 aromatic rings. The summed E-state index contributed by atoms with van der Waals surface area (Å²) in [5, 5.41) is 5.72. The molecule has 3 rings (SSSR count). The van der Waals surface area contributed by atoms with Crippen LogP contribution in [0.5, 0.6) is 0 Å². The van der Waals surface area contributed by atoms with Crippen LogP contribution in [0.25, 0.3) is 0 Å². The smallest absolute Gasteiger partial charge is 0.309 e. The SMILES string of the molecule is CN1CCCc2cc([C@@H](CNC(=O)C(=O)NC3CCCCC3)N(C)C)ccc21. The quantitative estimate of drug-likeness (QED) is 0.762. The number of carbonyl (C=O) groups excluding carboxylic acids is 2. The first-order valence-corrected chi connectivity index (χ1v) is 10.5. The van der Waals surface area contributed by atoms with Crippen LogP contribution in [-0.4, -0.2) is 57.0 Å². The summed E-state index contributed by atoms with van der Waals surface area (Å²) in [6.45, 7) is 1.51. The van der Waals surface area contributed by atoms with Crippen molar-refractivity contribution in [3.05, 3.63) is 29.3 Å². The van der Waals surface area contributed by atoms with Crippen LogP contribution < -0.4 is 15.5 Å². The molecule has 1 fully saturated rings. The highest BCUT2D eigenvalue weighted by Gasteiger charge is 2.23. The fourth-order valence-electron chi connectivity index (χ4n) is 4.38. The molecule has 2 amide bonds. The molecule has 2 N–H and O–H groups in total. The standard InChI is InChI=1S/C22H34N4O2/c1-25(2)20(17-11-12-19-16(14-17)8-7-13-26(19)3)15-23-21(27)22(28)24-18-9-5-4-6-10-18/h11-12,14,18,20H,4-10,13,15H2,1-3H3,(H,23,27)(H,24,28)/t20-/m1/s1. The first-order valence-electron chi connectivity index (χ1n) is 10.5. The van der Waals surface area contributed by atoms with E-state index in [2.05, 4.69) is 45.7 Å². The number of carbonyl (C=O) groups is 2. The van der Waals surface area contributed by atoms with Crippen molar-refractivity contribution in [2.75, 3.05) is 39.1 Å². The highest BCUT2D eigenvalue weighted by molar-refractivity contribution is 6.35. The number of amides is 2. The van der Waals surface area contributed by atoms with Gasteiger partial charge in [-0.2, -0.15) is 0 Å². The zero-order chi connectivity index (χ0) is 20.1. The largest absolute Gasteiger partial charge is 0.374 e. The second-order valence-electron chi connectivity index (χ2n) is 8.41. The van der Waals surface area contributed by atoms with Crippen LogP contribution in [0, 0.1) is 0 Å². The summed E-state index contributed by atoms with van der Waals surface area (Å²) in [4.78, 5) is 28.9. The molecular formula is C22H34N4O2. The van der Waals surface area contributed by atoms with Crippen molar-refractivity contribution >= 4 is 17.5 Å². The van der Waals surface area contributed by atoms with Gasteiger partial charge in [0.15, 0.2) is 0 Å². The Morgan fingerprint density at radius 2 is 1.89 bits per heavy atom. The third-order valence-electron chi connectivity index (χ3n) is 6.07. The van der Waals surface area contributed by atoms with Crippen LogP contribution in [0.15, 0.2) is 18.2 Å². The number of likely N-dealkylation sites (N-methyl/N-ethyl adjacent to an activating group) is 1. The highest BCUT2D eigenvalue weighted by Crippen LogP contribution is 2.29. The summed E-state index contributed by atoms with van der Waals surface area (Å²) < 4.78 is 0. The van der Waals surface area contributed by atoms with Crippen LogP contribution in [-0.2, 0) is 16.0 Å². The van der Waals surface area contributed by atoms with E-state index in [1.54, 1.807) is 0 Å². The van der Waals surface area contributed by atoms with E-state index in [-0.39, 0.29) is 12.1 Å². The van der Waals surface area contributed by atoms with E-state index >= 15 is 0 Å². The molecule has 1 saturated carbocycles. The molecule has 0 unspecified atom stereocenters. The van der Waals surface area contributed by atoms with Gasteiger partial charge in [-0.05, 0) is 57.0 Å². The first kappa shape index (κ1) is 20.6. The van der Waals surface area contributed by atoms with Gasteiger partial charge in [-0.3, -0.25) is 9.59 Å². The van der Waals surface area contributed by atoms with Gasteiger partial charge in [-0.1, -0.05) is 31.4 Å². The fourth-order valence-corrected chi connectivity index (χ4v) is 4.38. The summed E-state index contributed by atoms with van der Waals surface area (Å²) in [6, 6.07) is 6.75. The fraction of sp³-hybridized carbons (Fsp3) is 0.636. The van der Waals surface area contributed by atoms with Crippen LogP contribution >= 0.6 is 0 Å². The van der Waals surface area contributed by atoms with E-state index in [1.165, 1.54) is 23.2 Å². The summed E-state index contributed by atoms with van der Waals surface area (Å²) in [7, 11) is 6.14. The lowest BCUT2D eigenvalue weighted by molar-refractivity contribution is -0.139. The van der Waals surface area contributed by atoms with Crippen molar-refractivity contribution in [2.45, 2.75) is 57.0 Å². The summed E-state index contributed by atoms with van der Waals surface area (Å²) in [6.07, 6.45) is 7.68. The van der Waals surface area contributed by atoms with Crippen molar-refractivity contribution in [1.29, 1.82) is 0 Å². The topological polar surface area (TPSA) is 64.7 Å². The molecule has 154 valence electrons. The minimum absolute atomic E-state index is 0.0314. The molecular weight excluding hydrogens is 352 g/mol. The summed E-state index contributed by atoms with van der Waals surface area (Å²) >= 11 is 0. The zero-order valence-corrected chi connectivity index (χ0v) is 17.5. The van der Waals surface area contributed by atoms with Gasteiger partial charge < -0.3 is 20.4 Å². The molecule has 0 spiro atoms. The molecule has 1 aromatic carbocycles. The van der Waals surface area contributed by atoms with E-state index < -0.39 is 11.8 Å². The summed E-state index contributed by atoms with van der Waals surface area (Å²) in [5.74, 6) is -1.04. The van der Waals surface area contributed by atoms with Gasteiger partial charge in [-0.25, -0.2) is 0 Å². The van der Waals surface area contributed by atoms with Gasteiger partial charge in [0, 0.05) is 31.9 Å². The van der Waals surface area contributed by atoms with E-state index in [9.17, 15) is 9.59 Å². The molecule has 6 nitrogen and oxygen atoms in total. The predicted molar refractivity (Wildman–Crippen MR) is 112 cm³/mol. The van der Waals surface area contributed by atoms with Gasteiger partial charge >= 0.3 is 11.8 Å². The number of nitrogens with zero attached hydrogens (tertiary/aromatic N) is 2. The molecule has 1 aliphatic heterocycles. The lowest BCUT2D eigenvalue weighted by Gasteiger charge is -2.30. The van der Waals surface area contributed by atoms with Crippen molar-refractivity contribution < 1.29 is 9.59 Å². The Balaban J connectivity index is 1.60. The van der Waals surface area contributed by atoms with Crippen molar-refractivity contribution in [3.63, 3.8) is 0 Å². The average Bonchev–Trinajstić information content (AvgIpc) is 2.68. The molecule has 0 bridgehead atoms. The third-order valence-corrected chi connectivity index (χ3v) is 6.07. The van der Waals surface area contributed by atoms with Crippen molar-refractivity contribution in [3.8, 4) is 0 Å². The molecule has 1 aliphatic carbocycles. The number of nitrogens with one attached hydrogen (secondary N) is 2. The van der Waals surface area contributed by atoms with Crippen molar-refractivity contribution in [2.24, 2.45) is 0 Å². The van der Waals surface area contributed by atoms with Crippen LogP contribution in [0.4, 0.5) is 5.69 Å². The molecule has 0 aromatic heterocycles. The summed E-state index contributed by atoms with van der Waals surface area (Å²) in [5.41, 5.74) is 3.83. The maximum atomic E-state index is 12.3. The second-order valence-corrected chi connectivity index (χ2v) is 8.41. The normalized spacial score (nSPS) is 18.5. The van der Waals surface area contributed by atoms with Crippen molar-refractivity contribution in [1.82, 2.24) is 15.5 Å². The molecule has 6 heteroatoms.